The smallest absolute Gasteiger partial charge is 0.270 e. The van der Waals surface area contributed by atoms with Gasteiger partial charge in [-0.1, -0.05) is 23.7 Å². The zero-order valence-corrected chi connectivity index (χ0v) is 15.9. The summed E-state index contributed by atoms with van der Waals surface area (Å²) in [5, 5.41) is 0.574. The third-order valence-electron chi connectivity index (χ3n) is 4.05. The van der Waals surface area contributed by atoms with Crippen molar-refractivity contribution in [2.45, 2.75) is 6.42 Å². The zero-order valence-electron chi connectivity index (χ0n) is 13.5. The first-order valence-corrected chi connectivity index (χ1v) is 9.03. The average Bonchev–Trinajstić information content (AvgIpc) is 3.02. The molecular weight excluding hydrogens is 422 g/mol. The second kappa shape index (κ2) is 7.88. The first-order chi connectivity index (χ1) is 12.5. The van der Waals surface area contributed by atoms with Crippen molar-refractivity contribution >= 4 is 50.9 Å². The van der Waals surface area contributed by atoms with E-state index in [1.54, 1.807) is 48.5 Å². The number of nitrogens with zero attached hydrogens (tertiary/aromatic N) is 1. The number of hydrogen-bond donors (Lipinski definition) is 2. The fraction of sp³-hybridized carbons (Fsp3) is 0.167. The van der Waals surface area contributed by atoms with Crippen molar-refractivity contribution in [1.29, 1.82) is 0 Å². The van der Waals surface area contributed by atoms with E-state index in [9.17, 15) is 14.4 Å². The lowest BCUT2D eigenvalue weighted by molar-refractivity contribution is -0.126. The zero-order chi connectivity index (χ0) is 18.7. The molecule has 134 valence electrons. The van der Waals surface area contributed by atoms with E-state index in [2.05, 4.69) is 26.8 Å². The second-order valence-corrected chi connectivity index (χ2v) is 7.10. The molecule has 26 heavy (non-hydrogen) atoms. The van der Waals surface area contributed by atoms with Crippen LogP contribution in [0, 0.1) is 5.92 Å². The molecule has 6 nitrogen and oxygen atoms in total. The number of anilines is 1. The fourth-order valence-corrected chi connectivity index (χ4v) is 3.28. The number of hydrogen-bond acceptors (Lipinski definition) is 3. The number of benzene rings is 2. The maximum absolute atomic E-state index is 12.3. The molecule has 1 saturated heterocycles. The molecule has 1 aliphatic heterocycles. The van der Waals surface area contributed by atoms with Crippen molar-refractivity contribution in [3.05, 3.63) is 63.6 Å². The maximum Gasteiger partial charge on any atom is 0.270 e. The Morgan fingerprint density at radius 3 is 2.46 bits per heavy atom. The summed E-state index contributed by atoms with van der Waals surface area (Å²) in [5.74, 6) is -1.54. The Kier molecular flexibility index (Phi) is 5.58. The van der Waals surface area contributed by atoms with Crippen molar-refractivity contribution in [2.24, 2.45) is 5.92 Å². The molecule has 1 aliphatic rings. The molecule has 0 radical (unpaired) electrons. The van der Waals surface area contributed by atoms with Crippen LogP contribution in [0.25, 0.3) is 0 Å². The monoisotopic (exact) mass is 435 g/mol. The number of amides is 3. The van der Waals surface area contributed by atoms with E-state index in [0.717, 1.165) is 0 Å². The molecule has 2 aromatic rings. The number of hydrazine groups is 1. The van der Waals surface area contributed by atoms with Crippen LogP contribution in [-0.4, -0.2) is 24.3 Å². The SMILES string of the molecule is O=C(NNC(=O)[C@H]1CC(=O)N(c2ccc(Cl)cc2)C1)c1ccccc1Br. The summed E-state index contributed by atoms with van der Waals surface area (Å²) in [4.78, 5) is 38.2. The van der Waals surface area contributed by atoms with Gasteiger partial charge in [0.1, 0.15) is 0 Å². The van der Waals surface area contributed by atoms with Gasteiger partial charge in [0, 0.05) is 28.1 Å². The summed E-state index contributed by atoms with van der Waals surface area (Å²) < 4.78 is 0.622. The Balaban J connectivity index is 1.59. The Bertz CT molecular complexity index is 857. The minimum Gasteiger partial charge on any atom is -0.312 e. The summed E-state index contributed by atoms with van der Waals surface area (Å²) in [6.07, 6.45) is 0.0827. The van der Waals surface area contributed by atoms with Gasteiger partial charge in [-0.25, -0.2) is 0 Å². The molecule has 0 spiro atoms. The highest BCUT2D eigenvalue weighted by Gasteiger charge is 2.35. The van der Waals surface area contributed by atoms with Gasteiger partial charge in [-0.15, -0.1) is 0 Å². The van der Waals surface area contributed by atoms with Crippen LogP contribution in [0.5, 0.6) is 0 Å². The van der Waals surface area contributed by atoms with E-state index in [1.807, 2.05) is 0 Å². The van der Waals surface area contributed by atoms with Crippen molar-refractivity contribution in [1.82, 2.24) is 10.9 Å². The molecule has 1 atom stereocenters. The lowest BCUT2D eigenvalue weighted by Gasteiger charge is -2.17. The van der Waals surface area contributed by atoms with Crippen LogP contribution in [0.3, 0.4) is 0 Å². The minimum atomic E-state index is -0.544. The van der Waals surface area contributed by atoms with Gasteiger partial charge in [0.25, 0.3) is 5.91 Å². The van der Waals surface area contributed by atoms with E-state index in [-0.39, 0.29) is 18.9 Å². The van der Waals surface area contributed by atoms with Gasteiger partial charge in [0.05, 0.1) is 11.5 Å². The van der Waals surface area contributed by atoms with Gasteiger partial charge >= 0.3 is 0 Å². The van der Waals surface area contributed by atoms with E-state index in [0.29, 0.717) is 20.7 Å². The maximum atomic E-state index is 12.3. The molecule has 0 unspecified atom stereocenters. The number of halogens is 2. The Hall–Kier alpha value is -2.38. The lowest BCUT2D eigenvalue weighted by atomic mass is 10.1. The number of carbonyl (C=O) groups excluding carboxylic acids is 3. The first kappa shape index (κ1) is 18.4. The van der Waals surface area contributed by atoms with Gasteiger partial charge in [0.2, 0.25) is 11.8 Å². The second-order valence-electron chi connectivity index (χ2n) is 5.81. The van der Waals surface area contributed by atoms with E-state index < -0.39 is 17.7 Å². The highest BCUT2D eigenvalue weighted by molar-refractivity contribution is 9.10. The van der Waals surface area contributed by atoms with Crippen molar-refractivity contribution in [2.75, 3.05) is 11.4 Å². The largest absolute Gasteiger partial charge is 0.312 e. The summed E-state index contributed by atoms with van der Waals surface area (Å²) >= 11 is 9.14. The van der Waals surface area contributed by atoms with Crippen LogP contribution < -0.4 is 15.8 Å². The Labute approximate surface area is 163 Å². The summed E-state index contributed by atoms with van der Waals surface area (Å²) in [6.45, 7) is 0.247. The molecule has 2 N–H and O–H groups in total. The standard InChI is InChI=1S/C18H15BrClN3O3/c19-15-4-2-1-3-14(15)18(26)22-21-17(25)11-9-16(24)23(10-11)13-7-5-12(20)6-8-13/h1-8,11H,9-10H2,(H,21,25)(H,22,26)/t11-/m0/s1. The van der Waals surface area contributed by atoms with E-state index >= 15 is 0 Å². The molecule has 3 amide bonds. The molecule has 0 aliphatic carbocycles. The molecule has 8 heteroatoms. The Morgan fingerprint density at radius 1 is 1.08 bits per heavy atom. The van der Waals surface area contributed by atoms with Crippen LogP contribution in [0.1, 0.15) is 16.8 Å². The van der Waals surface area contributed by atoms with Gasteiger partial charge in [-0.3, -0.25) is 25.2 Å². The minimum absolute atomic E-state index is 0.0827. The third-order valence-corrected chi connectivity index (χ3v) is 5.00. The van der Waals surface area contributed by atoms with E-state index in [4.69, 9.17) is 11.6 Å². The molecule has 2 aromatic carbocycles. The highest BCUT2D eigenvalue weighted by Crippen LogP contribution is 2.26. The topological polar surface area (TPSA) is 78.5 Å². The van der Waals surface area contributed by atoms with Crippen molar-refractivity contribution in [3.63, 3.8) is 0 Å². The molecule has 1 fully saturated rings. The average molecular weight is 437 g/mol. The molecule has 3 rings (SSSR count). The molecule has 0 saturated carbocycles. The van der Waals surface area contributed by atoms with Crippen molar-refractivity contribution < 1.29 is 14.4 Å². The van der Waals surface area contributed by atoms with Gasteiger partial charge < -0.3 is 4.90 Å². The first-order valence-electron chi connectivity index (χ1n) is 7.86. The summed E-state index contributed by atoms with van der Waals surface area (Å²) in [7, 11) is 0. The predicted molar refractivity (Wildman–Crippen MR) is 102 cm³/mol. The Morgan fingerprint density at radius 2 is 1.77 bits per heavy atom. The van der Waals surface area contributed by atoms with Gasteiger partial charge in [-0.2, -0.15) is 0 Å². The highest BCUT2D eigenvalue weighted by atomic mass is 79.9. The molecule has 0 bridgehead atoms. The number of rotatable bonds is 3. The molecule has 1 heterocycles. The summed E-state index contributed by atoms with van der Waals surface area (Å²) in [5.41, 5.74) is 5.86. The number of carbonyl (C=O) groups is 3. The quantitative estimate of drug-likeness (QED) is 0.726. The molecule has 0 aromatic heterocycles. The van der Waals surface area contributed by atoms with E-state index in [1.165, 1.54) is 4.90 Å². The third kappa shape index (κ3) is 4.05. The van der Waals surface area contributed by atoms with Crippen LogP contribution in [0.4, 0.5) is 5.69 Å². The lowest BCUT2D eigenvalue weighted by Crippen LogP contribution is -2.45. The van der Waals surface area contributed by atoms with Gasteiger partial charge in [-0.05, 0) is 52.3 Å². The normalized spacial score (nSPS) is 16.5. The van der Waals surface area contributed by atoms with Crippen molar-refractivity contribution in [3.8, 4) is 0 Å². The fourth-order valence-electron chi connectivity index (χ4n) is 2.69. The van der Waals surface area contributed by atoms with Crippen LogP contribution in [0.2, 0.25) is 5.02 Å². The predicted octanol–water partition coefficient (Wildman–Crippen LogP) is 2.92. The number of nitrogens with one attached hydrogen (secondary N) is 2. The van der Waals surface area contributed by atoms with Gasteiger partial charge in [0.15, 0.2) is 0 Å². The van der Waals surface area contributed by atoms with Crippen LogP contribution in [0.15, 0.2) is 53.0 Å². The molecular formula is C18H15BrClN3O3. The van der Waals surface area contributed by atoms with Crippen LogP contribution in [-0.2, 0) is 9.59 Å². The van der Waals surface area contributed by atoms with Crippen LogP contribution >= 0.6 is 27.5 Å². The summed E-state index contributed by atoms with van der Waals surface area (Å²) in [6, 6.07) is 13.7.